The second-order valence-corrected chi connectivity index (χ2v) is 4.12. The van der Waals surface area contributed by atoms with Gasteiger partial charge < -0.3 is 5.73 Å². The number of aromatic nitrogens is 5. The summed E-state index contributed by atoms with van der Waals surface area (Å²) >= 11 is 0. The highest BCUT2D eigenvalue weighted by atomic mass is 19.4. The highest BCUT2D eigenvalue weighted by Crippen LogP contribution is 2.16. The molecular weight excluding hydrogens is 277 g/mol. The fourth-order valence-electron chi connectivity index (χ4n) is 1.61. The quantitative estimate of drug-likeness (QED) is 0.883. The van der Waals surface area contributed by atoms with Crippen LogP contribution in [0.15, 0.2) is 23.5 Å². The van der Waals surface area contributed by atoms with E-state index in [2.05, 4.69) is 15.1 Å². The van der Waals surface area contributed by atoms with Crippen molar-refractivity contribution in [2.24, 2.45) is 5.73 Å². The van der Waals surface area contributed by atoms with E-state index in [0.29, 0.717) is 4.57 Å². The summed E-state index contributed by atoms with van der Waals surface area (Å²) in [6.07, 6.45) is -1.03. The molecule has 0 aliphatic rings. The summed E-state index contributed by atoms with van der Waals surface area (Å²) in [4.78, 5) is 19.7. The lowest BCUT2D eigenvalue weighted by molar-refractivity contribution is -0.141. The lowest BCUT2D eigenvalue weighted by Crippen LogP contribution is -2.30. The van der Waals surface area contributed by atoms with E-state index in [9.17, 15) is 18.0 Å². The van der Waals surface area contributed by atoms with E-state index >= 15 is 0 Å². The molecule has 1 atom stereocenters. The van der Waals surface area contributed by atoms with E-state index in [1.807, 2.05) is 0 Å². The lowest BCUT2D eigenvalue weighted by atomic mass is 10.2. The minimum absolute atomic E-state index is 0.0217. The molecule has 2 aromatic rings. The van der Waals surface area contributed by atoms with Gasteiger partial charge in [-0.1, -0.05) is 0 Å². The fraction of sp³-hybridized carbons (Fsp3) is 0.400. The van der Waals surface area contributed by atoms with Crippen LogP contribution in [0.3, 0.4) is 0 Å². The molecule has 2 rings (SSSR count). The van der Waals surface area contributed by atoms with Crippen LogP contribution in [0.25, 0.3) is 5.82 Å². The molecule has 10 heteroatoms. The Kier molecular flexibility index (Phi) is 3.57. The number of hydrogen-bond acceptors (Lipinski definition) is 5. The Morgan fingerprint density at radius 2 is 2.00 bits per heavy atom. The van der Waals surface area contributed by atoms with Crippen molar-refractivity contribution in [3.8, 4) is 5.82 Å². The fourth-order valence-corrected chi connectivity index (χ4v) is 1.61. The Morgan fingerprint density at radius 3 is 2.60 bits per heavy atom. The molecule has 2 heterocycles. The summed E-state index contributed by atoms with van der Waals surface area (Å²) in [5.41, 5.74) is 4.99. The van der Waals surface area contributed by atoms with Gasteiger partial charge in [0.25, 0.3) is 0 Å². The monoisotopic (exact) mass is 288 g/mol. The van der Waals surface area contributed by atoms with Gasteiger partial charge in [0, 0.05) is 18.4 Å². The van der Waals surface area contributed by atoms with Gasteiger partial charge in [0.15, 0.2) is 5.82 Å². The molecule has 20 heavy (non-hydrogen) atoms. The first-order valence-corrected chi connectivity index (χ1v) is 5.57. The summed E-state index contributed by atoms with van der Waals surface area (Å²) < 4.78 is 38.1. The van der Waals surface area contributed by atoms with Gasteiger partial charge in [0.1, 0.15) is 18.6 Å². The maximum Gasteiger partial charge on any atom is 0.406 e. The smallest absolute Gasteiger partial charge is 0.323 e. The maximum atomic E-state index is 12.3. The summed E-state index contributed by atoms with van der Waals surface area (Å²) in [5, 5.41) is 3.62. The van der Waals surface area contributed by atoms with Crippen molar-refractivity contribution in [1.29, 1.82) is 0 Å². The van der Waals surface area contributed by atoms with E-state index in [-0.39, 0.29) is 11.5 Å². The Labute approximate surface area is 110 Å². The first kappa shape index (κ1) is 14.2. The summed E-state index contributed by atoms with van der Waals surface area (Å²) in [5.74, 6) is 0.0217. The number of alkyl halides is 3. The van der Waals surface area contributed by atoms with E-state index < -0.39 is 24.5 Å². The lowest BCUT2D eigenvalue weighted by Gasteiger charge is -2.09. The molecule has 0 aromatic carbocycles. The Bertz CT molecular complexity index is 659. The minimum Gasteiger partial charge on any atom is -0.323 e. The van der Waals surface area contributed by atoms with Crippen molar-refractivity contribution in [3.05, 3.63) is 34.9 Å². The zero-order valence-electron chi connectivity index (χ0n) is 10.4. The molecular formula is C10H11F3N6O. The second-order valence-electron chi connectivity index (χ2n) is 4.12. The van der Waals surface area contributed by atoms with Crippen molar-refractivity contribution in [2.75, 3.05) is 0 Å². The van der Waals surface area contributed by atoms with E-state index in [0.717, 1.165) is 11.0 Å². The second kappa shape index (κ2) is 5.04. The van der Waals surface area contributed by atoms with Crippen molar-refractivity contribution < 1.29 is 13.2 Å². The Hall–Kier alpha value is -2.23. The Balaban J connectivity index is 2.48. The number of rotatable bonds is 3. The predicted octanol–water partition coefficient (Wildman–Crippen LogP) is 0.406. The summed E-state index contributed by atoms with van der Waals surface area (Å²) in [6, 6.07) is -0.543. The van der Waals surface area contributed by atoms with E-state index in [4.69, 9.17) is 5.73 Å². The molecule has 0 saturated carbocycles. The highest BCUT2D eigenvalue weighted by molar-refractivity contribution is 5.28. The molecule has 0 bridgehead atoms. The van der Waals surface area contributed by atoms with Gasteiger partial charge in [0.2, 0.25) is 0 Å². The van der Waals surface area contributed by atoms with Crippen LogP contribution >= 0.6 is 0 Å². The minimum atomic E-state index is -4.51. The van der Waals surface area contributed by atoms with Crippen molar-refractivity contribution in [1.82, 2.24) is 24.3 Å². The molecule has 0 saturated heterocycles. The molecule has 2 aromatic heterocycles. The normalized spacial score (nSPS) is 13.4. The molecule has 0 spiro atoms. The van der Waals surface area contributed by atoms with E-state index in [1.54, 1.807) is 6.92 Å². The molecule has 1 unspecified atom stereocenters. The first-order chi connectivity index (χ1) is 9.29. The van der Waals surface area contributed by atoms with Crippen LogP contribution in [0.4, 0.5) is 13.2 Å². The maximum absolute atomic E-state index is 12.3. The van der Waals surface area contributed by atoms with Crippen LogP contribution in [-0.2, 0) is 6.54 Å². The molecule has 0 aliphatic carbocycles. The average Bonchev–Trinajstić information content (AvgIpc) is 2.69. The van der Waals surface area contributed by atoms with Crippen molar-refractivity contribution in [3.63, 3.8) is 0 Å². The van der Waals surface area contributed by atoms with Gasteiger partial charge in [-0.2, -0.15) is 23.0 Å². The van der Waals surface area contributed by atoms with Crippen LogP contribution in [0.1, 0.15) is 18.7 Å². The molecule has 2 N–H and O–H groups in total. The third kappa shape index (κ3) is 2.85. The summed E-state index contributed by atoms with van der Waals surface area (Å²) in [7, 11) is 0. The standard InChI is InChI=1S/C10H11F3N6O/c1-6(14)7-8(16-3-2-15-7)19-9(20)18(5-17-19)4-10(11,12)13/h2-3,5-6H,4,14H2,1H3. The van der Waals surface area contributed by atoms with Gasteiger partial charge >= 0.3 is 11.9 Å². The highest BCUT2D eigenvalue weighted by Gasteiger charge is 2.29. The van der Waals surface area contributed by atoms with E-state index in [1.165, 1.54) is 12.4 Å². The van der Waals surface area contributed by atoms with Gasteiger partial charge in [-0.05, 0) is 6.92 Å². The number of halogens is 3. The molecule has 0 radical (unpaired) electrons. The summed E-state index contributed by atoms with van der Waals surface area (Å²) in [6.45, 7) is 0.199. The van der Waals surface area contributed by atoms with Gasteiger partial charge in [-0.3, -0.25) is 9.55 Å². The van der Waals surface area contributed by atoms with Crippen LogP contribution in [0.5, 0.6) is 0 Å². The topological polar surface area (TPSA) is 91.6 Å². The molecule has 7 nitrogen and oxygen atoms in total. The number of nitrogens with zero attached hydrogens (tertiary/aromatic N) is 5. The zero-order chi connectivity index (χ0) is 14.9. The SMILES string of the molecule is CC(N)c1nccnc1-n1ncn(CC(F)(F)F)c1=O. The third-order valence-corrected chi connectivity index (χ3v) is 2.42. The first-order valence-electron chi connectivity index (χ1n) is 5.57. The van der Waals surface area contributed by atoms with Crippen LogP contribution < -0.4 is 11.4 Å². The number of nitrogens with two attached hydrogens (primary N) is 1. The zero-order valence-corrected chi connectivity index (χ0v) is 10.4. The molecule has 0 amide bonds. The molecule has 0 fully saturated rings. The number of hydrogen-bond donors (Lipinski definition) is 1. The Morgan fingerprint density at radius 1 is 1.35 bits per heavy atom. The largest absolute Gasteiger partial charge is 0.406 e. The van der Waals surface area contributed by atoms with Crippen LogP contribution in [-0.4, -0.2) is 30.5 Å². The van der Waals surface area contributed by atoms with Crippen molar-refractivity contribution in [2.45, 2.75) is 25.7 Å². The van der Waals surface area contributed by atoms with Crippen LogP contribution in [0, 0.1) is 0 Å². The van der Waals surface area contributed by atoms with Gasteiger partial charge in [-0.25, -0.2) is 9.78 Å². The molecule has 0 aliphatic heterocycles. The molecule has 108 valence electrons. The van der Waals surface area contributed by atoms with Gasteiger partial charge in [-0.15, -0.1) is 0 Å². The third-order valence-electron chi connectivity index (χ3n) is 2.42. The van der Waals surface area contributed by atoms with Crippen molar-refractivity contribution >= 4 is 0 Å². The predicted molar refractivity (Wildman–Crippen MR) is 62.1 cm³/mol. The average molecular weight is 288 g/mol. The van der Waals surface area contributed by atoms with Gasteiger partial charge in [0.05, 0.1) is 0 Å². The van der Waals surface area contributed by atoms with Crippen LogP contribution in [0.2, 0.25) is 0 Å².